The largest absolute Gasteiger partial charge is 0.490 e. The molecule has 1 aliphatic heterocycles. The van der Waals surface area contributed by atoms with Gasteiger partial charge in [0.05, 0.1) is 19.3 Å². The summed E-state index contributed by atoms with van der Waals surface area (Å²) in [6.07, 6.45) is 0.788. The van der Waals surface area contributed by atoms with Crippen molar-refractivity contribution in [1.82, 2.24) is 0 Å². The Morgan fingerprint density at radius 3 is 2.67 bits per heavy atom. The van der Waals surface area contributed by atoms with Crippen LogP contribution in [0.15, 0.2) is 42.5 Å². The Labute approximate surface area is 129 Å². The van der Waals surface area contributed by atoms with E-state index < -0.39 is 6.10 Å². The van der Waals surface area contributed by atoms with Crippen LogP contribution >= 0.6 is 11.6 Å². The highest BCUT2D eigenvalue weighted by Gasteiger charge is 2.15. The Bertz CT molecular complexity index is 627. The van der Waals surface area contributed by atoms with Crippen LogP contribution in [0.3, 0.4) is 0 Å². The SMILES string of the molecule is OC(Cc1cccc(Cl)c1)c1ccc2c(c1)OCCCO2. The van der Waals surface area contributed by atoms with Gasteiger partial charge >= 0.3 is 0 Å². The number of hydrogen-bond donors (Lipinski definition) is 1. The summed E-state index contributed by atoms with van der Waals surface area (Å²) in [5, 5.41) is 11.1. The first-order valence-corrected chi connectivity index (χ1v) is 7.42. The van der Waals surface area contributed by atoms with Crippen molar-refractivity contribution >= 4 is 11.6 Å². The lowest BCUT2D eigenvalue weighted by atomic mass is 10.0. The maximum absolute atomic E-state index is 10.4. The molecule has 2 aromatic rings. The maximum Gasteiger partial charge on any atom is 0.161 e. The average Bonchev–Trinajstić information content (AvgIpc) is 2.71. The van der Waals surface area contributed by atoms with Gasteiger partial charge in [0.1, 0.15) is 0 Å². The minimum absolute atomic E-state index is 0.514. The van der Waals surface area contributed by atoms with Gasteiger partial charge in [-0.05, 0) is 35.4 Å². The van der Waals surface area contributed by atoms with E-state index in [1.807, 2.05) is 42.5 Å². The van der Waals surface area contributed by atoms with Crippen molar-refractivity contribution in [3.63, 3.8) is 0 Å². The molecule has 1 aliphatic rings. The fourth-order valence-corrected chi connectivity index (χ4v) is 2.61. The van der Waals surface area contributed by atoms with Gasteiger partial charge in [0.15, 0.2) is 11.5 Å². The molecule has 0 aromatic heterocycles. The van der Waals surface area contributed by atoms with Gasteiger partial charge in [0, 0.05) is 17.9 Å². The molecule has 2 aromatic carbocycles. The second-order valence-corrected chi connectivity index (χ2v) is 5.54. The summed E-state index contributed by atoms with van der Waals surface area (Å²) >= 11 is 5.97. The van der Waals surface area contributed by atoms with Crippen molar-refractivity contribution in [2.45, 2.75) is 18.9 Å². The van der Waals surface area contributed by atoms with E-state index in [4.69, 9.17) is 21.1 Å². The first kappa shape index (κ1) is 14.2. The number of benzene rings is 2. The molecule has 0 bridgehead atoms. The third-order valence-electron chi connectivity index (χ3n) is 3.47. The number of aliphatic hydroxyl groups is 1. The number of fused-ring (bicyclic) bond motifs is 1. The molecule has 0 amide bonds. The van der Waals surface area contributed by atoms with Gasteiger partial charge in [0.25, 0.3) is 0 Å². The molecule has 0 radical (unpaired) electrons. The van der Waals surface area contributed by atoms with E-state index in [1.54, 1.807) is 0 Å². The summed E-state index contributed by atoms with van der Waals surface area (Å²) in [5.74, 6) is 1.45. The molecule has 0 aliphatic carbocycles. The molecule has 1 N–H and O–H groups in total. The van der Waals surface area contributed by atoms with Gasteiger partial charge < -0.3 is 14.6 Å². The topological polar surface area (TPSA) is 38.7 Å². The molecule has 1 atom stereocenters. The van der Waals surface area contributed by atoms with Crippen molar-refractivity contribution in [3.8, 4) is 11.5 Å². The number of halogens is 1. The summed E-state index contributed by atoms with van der Waals surface area (Å²) in [6, 6.07) is 13.1. The lowest BCUT2D eigenvalue weighted by Crippen LogP contribution is -2.03. The second kappa shape index (κ2) is 6.37. The van der Waals surface area contributed by atoms with E-state index in [0.29, 0.717) is 30.4 Å². The smallest absolute Gasteiger partial charge is 0.161 e. The minimum Gasteiger partial charge on any atom is -0.490 e. The zero-order valence-electron chi connectivity index (χ0n) is 11.6. The van der Waals surface area contributed by atoms with E-state index in [-0.39, 0.29) is 0 Å². The van der Waals surface area contributed by atoms with Crippen molar-refractivity contribution in [2.24, 2.45) is 0 Å². The molecule has 0 saturated carbocycles. The highest BCUT2D eigenvalue weighted by atomic mass is 35.5. The van der Waals surface area contributed by atoms with E-state index in [2.05, 4.69) is 0 Å². The molecule has 0 fully saturated rings. The Morgan fingerprint density at radius 2 is 1.86 bits per heavy atom. The monoisotopic (exact) mass is 304 g/mol. The molecule has 21 heavy (non-hydrogen) atoms. The zero-order valence-corrected chi connectivity index (χ0v) is 12.3. The predicted molar refractivity (Wildman–Crippen MR) is 82.2 cm³/mol. The third kappa shape index (κ3) is 3.49. The molecule has 4 heteroatoms. The van der Waals surface area contributed by atoms with E-state index in [1.165, 1.54) is 0 Å². The van der Waals surface area contributed by atoms with E-state index >= 15 is 0 Å². The summed E-state index contributed by atoms with van der Waals surface area (Å²) in [7, 11) is 0. The fraction of sp³-hybridized carbons (Fsp3) is 0.294. The molecule has 3 nitrogen and oxygen atoms in total. The first-order chi connectivity index (χ1) is 10.2. The van der Waals surface area contributed by atoms with Crippen LogP contribution in [0.4, 0.5) is 0 Å². The molecule has 1 unspecified atom stereocenters. The van der Waals surface area contributed by atoms with Crippen LogP contribution in [0.1, 0.15) is 23.7 Å². The fourth-order valence-electron chi connectivity index (χ4n) is 2.39. The van der Waals surface area contributed by atoms with E-state index in [9.17, 15) is 5.11 Å². The van der Waals surface area contributed by atoms with Crippen LogP contribution < -0.4 is 9.47 Å². The Hall–Kier alpha value is -1.71. The molecular formula is C17H17ClO3. The van der Waals surface area contributed by atoms with Gasteiger partial charge in [-0.25, -0.2) is 0 Å². The average molecular weight is 305 g/mol. The standard InChI is InChI=1S/C17H17ClO3/c18-14-4-1-3-12(9-14)10-15(19)13-5-6-16-17(11-13)21-8-2-7-20-16/h1,3-6,9,11,15,19H,2,7-8,10H2. The quantitative estimate of drug-likeness (QED) is 0.938. The zero-order chi connectivity index (χ0) is 14.7. The van der Waals surface area contributed by atoms with Crippen LogP contribution in [-0.2, 0) is 6.42 Å². The first-order valence-electron chi connectivity index (χ1n) is 7.04. The molecule has 0 spiro atoms. The number of aliphatic hydroxyl groups excluding tert-OH is 1. The highest BCUT2D eigenvalue weighted by Crippen LogP contribution is 2.33. The molecule has 110 valence electrons. The summed E-state index contributed by atoms with van der Waals surface area (Å²) < 4.78 is 11.2. The number of rotatable bonds is 3. The Kier molecular flexibility index (Phi) is 4.32. The summed E-state index contributed by atoms with van der Waals surface area (Å²) in [5.41, 5.74) is 1.82. The van der Waals surface area contributed by atoms with Crippen molar-refractivity contribution in [3.05, 3.63) is 58.6 Å². The summed E-state index contributed by atoms with van der Waals surface area (Å²) in [4.78, 5) is 0. The van der Waals surface area contributed by atoms with Gasteiger partial charge in [-0.3, -0.25) is 0 Å². The van der Waals surface area contributed by atoms with Crippen molar-refractivity contribution in [2.75, 3.05) is 13.2 Å². The van der Waals surface area contributed by atoms with Crippen LogP contribution in [0, 0.1) is 0 Å². The number of hydrogen-bond acceptors (Lipinski definition) is 3. The van der Waals surface area contributed by atoms with E-state index in [0.717, 1.165) is 23.3 Å². The van der Waals surface area contributed by atoms with Crippen molar-refractivity contribution < 1.29 is 14.6 Å². The predicted octanol–water partition coefficient (Wildman–Crippen LogP) is 3.78. The van der Waals surface area contributed by atoms with Crippen LogP contribution in [-0.4, -0.2) is 18.3 Å². The normalized spacial score (nSPS) is 15.3. The van der Waals surface area contributed by atoms with Gasteiger partial charge in [0.2, 0.25) is 0 Å². The van der Waals surface area contributed by atoms with Gasteiger partial charge in [-0.1, -0.05) is 29.8 Å². The molecule has 1 heterocycles. The number of ether oxygens (including phenoxy) is 2. The Morgan fingerprint density at radius 1 is 1.05 bits per heavy atom. The van der Waals surface area contributed by atoms with Crippen LogP contribution in [0.5, 0.6) is 11.5 Å². The molecule has 3 rings (SSSR count). The molecular weight excluding hydrogens is 288 g/mol. The van der Waals surface area contributed by atoms with Crippen LogP contribution in [0.25, 0.3) is 0 Å². The highest BCUT2D eigenvalue weighted by molar-refractivity contribution is 6.30. The second-order valence-electron chi connectivity index (χ2n) is 5.11. The third-order valence-corrected chi connectivity index (χ3v) is 3.71. The van der Waals surface area contributed by atoms with Gasteiger partial charge in [-0.15, -0.1) is 0 Å². The maximum atomic E-state index is 10.4. The molecule has 0 saturated heterocycles. The lowest BCUT2D eigenvalue weighted by molar-refractivity contribution is 0.178. The minimum atomic E-state index is -0.597. The van der Waals surface area contributed by atoms with Crippen molar-refractivity contribution in [1.29, 1.82) is 0 Å². The Balaban J connectivity index is 1.78. The summed E-state index contributed by atoms with van der Waals surface area (Å²) in [6.45, 7) is 1.30. The lowest BCUT2D eigenvalue weighted by Gasteiger charge is -2.14. The van der Waals surface area contributed by atoms with Crippen LogP contribution in [0.2, 0.25) is 5.02 Å². The van der Waals surface area contributed by atoms with Gasteiger partial charge in [-0.2, -0.15) is 0 Å².